The first kappa shape index (κ1) is 24.3. The largest absolute Gasteiger partial charge is 0.329 e. The Bertz CT molecular complexity index is 1430. The molecule has 2 aromatic heterocycles. The highest BCUT2D eigenvalue weighted by Gasteiger charge is 2.30. The smallest absolute Gasteiger partial charge is 0.305 e. The number of H-pyrrole nitrogens is 1. The van der Waals surface area contributed by atoms with Gasteiger partial charge in [-0.1, -0.05) is 25.1 Å². The molecule has 1 saturated heterocycles. The molecule has 3 atom stereocenters. The molecule has 1 fully saturated rings. The fraction of sp³-hybridized carbons (Fsp3) is 0.360. The number of rotatable bonds is 6. The number of aromatic nitrogens is 3. The number of fused-ring (bicyclic) bond motifs is 1. The Hall–Kier alpha value is -3.41. The zero-order valence-electron chi connectivity index (χ0n) is 20.3. The number of nitrogens with zero attached hydrogens (tertiary/aromatic N) is 4. The third kappa shape index (κ3) is 4.95. The van der Waals surface area contributed by atoms with Gasteiger partial charge in [0.15, 0.2) is 0 Å². The number of aliphatic imine (C=N–C) groups is 1. The van der Waals surface area contributed by atoms with Crippen LogP contribution in [0.2, 0.25) is 0 Å². The SMILES string of the molecule is Cc1cc(C(=O)N=C2Cc3ccccc3N2C[C@H](C)C[C@H]2COS(=O)O2)cc(-c2c[nH]n(C)c2=O)n1. The molecule has 4 heterocycles. The maximum Gasteiger partial charge on any atom is 0.305 e. The van der Waals surface area contributed by atoms with Crippen molar-refractivity contribution in [2.75, 3.05) is 18.1 Å². The average Bonchev–Trinajstić information content (AvgIpc) is 3.51. The summed E-state index contributed by atoms with van der Waals surface area (Å²) >= 11 is -1.67. The van der Waals surface area contributed by atoms with Gasteiger partial charge in [0, 0.05) is 43.2 Å². The van der Waals surface area contributed by atoms with Crippen LogP contribution in [-0.2, 0) is 33.2 Å². The highest BCUT2D eigenvalue weighted by atomic mass is 32.2. The number of aromatic amines is 1. The van der Waals surface area contributed by atoms with Crippen LogP contribution in [0, 0.1) is 12.8 Å². The molecule has 11 heteroatoms. The van der Waals surface area contributed by atoms with Crippen molar-refractivity contribution in [3.05, 3.63) is 69.8 Å². The van der Waals surface area contributed by atoms with Gasteiger partial charge < -0.3 is 10.00 Å². The van der Waals surface area contributed by atoms with E-state index in [1.54, 1.807) is 32.3 Å². The van der Waals surface area contributed by atoms with Gasteiger partial charge in [-0.3, -0.25) is 27.6 Å². The van der Waals surface area contributed by atoms with Crippen LogP contribution in [-0.4, -0.2) is 50.0 Å². The number of hydrogen-bond donors (Lipinski definition) is 1. The van der Waals surface area contributed by atoms with E-state index in [4.69, 9.17) is 8.37 Å². The van der Waals surface area contributed by atoms with Crippen LogP contribution < -0.4 is 10.5 Å². The van der Waals surface area contributed by atoms with E-state index in [1.165, 1.54) is 4.68 Å². The number of pyridine rings is 1. The first-order valence-corrected chi connectivity index (χ1v) is 12.7. The first-order valence-electron chi connectivity index (χ1n) is 11.7. The summed E-state index contributed by atoms with van der Waals surface area (Å²) in [6.45, 7) is 4.79. The van der Waals surface area contributed by atoms with Crippen molar-refractivity contribution >= 4 is 28.8 Å². The molecule has 1 amide bonds. The standard InChI is InChI=1S/C25H27N5O5S/c1-15(8-19-14-34-36(33)35-19)13-30-22-7-5-4-6-17(22)11-23(30)28-24(31)18-9-16(2)27-21(10-18)20-12-26-29(3)25(20)32/h4-7,9-10,12,15,19,26H,8,11,13-14H2,1-3H3/t15-,19+,36?/m1/s1. The van der Waals surface area contributed by atoms with Crippen molar-refractivity contribution in [1.82, 2.24) is 14.8 Å². The molecule has 0 spiro atoms. The Kier molecular flexibility index (Phi) is 6.69. The van der Waals surface area contributed by atoms with E-state index in [9.17, 15) is 13.8 Å². The summed E-state index contributed by atoms with van der Waals surface area (Å²) in [5, 5.41) is 2.84. The highest BCUT2D eigenvalue weighted by Crippen LogP contribution is 2.31. The molecule has 2 aliphatic heterocycles. The van der Waals surface area contributed by atoms with E-state index in [1.807, 2.05) is 24.3 Å². The molecule has 0 saturated carbocycles. The van der Waals surface area contributed by atoms with E-state index in [2.05, 4.69) is 26.9 Å². The molecule has 1 unspecified atom stereocenters. The van der Waals surface area contributed by atoms with Crippen molar-refractivity contribution in [2.45, 2.75) is 32.8 Å². The molecule has 1 N–H and O–H groups in total. The van der Waals surface area contributed by atoms with Crippen molar-refractivity contribution in [3.63, 3.8) is 0 Å². The van der Waals surface area contributed by atoms with Gasteiger partial charge in [0.05, 0.1) is 17.9 Å². The topological polar surface area (TPSA) is 119 Å². The predicted octanol–water partition coefficient (Wildman–Crippen LogP) is 2.71. The zero-order valence-corrected chi connectivity index (χ0v) is 21.1. The third-order valence-electron chi connectivity index (χ3n) is 6.31. The van der Waals surface area contributed by atoms with Gasteiger partial charge in [-0.05, 0) is 43.0 Å². The van der Waals surface area contributed by atoms with Gasteiger partial charge in [-0.2, -0.15) is 9.20 Å². The second-order valence-corrected chi connectivity index (χ2v) is 10.1. The van der Waals surface area contributed by atoms with Gasteiger partial charge in [0.2, 0.25) is 0 Å². The minimum Gasteiger partial charge on any atom is -0.329 e. The lowest BCUT2D eigenvalue weighted by Crippen LogP contribution is -2.33. The van der Waals surface area contributed by atoms with Crippen molar-refractivity contribution in [3.8, 4) is 11.3 Å². The Morgan fingerprint density at radius 2 is 2.14 bits per heavy atom. The van der Waals surface area contributed by atoms with Crippen molar-refractivity contribution in [1.29, 1.82) is 0 Å². The highest BCUT2D eigenvalue weighted by molar-refractivity contribution is 7.75. The lowest BCUT2D eigenvalue weighted by Gasteiger charge is -2.25. The lowest BCUT2D eigenvalue weighted by atomic mass is 10.0. The summed E-state index contributed by atoms with van der Waals surface area (Å²) < 4.78 is 23.1. The molecule has 36 heavy (non-hydrogen) atoms. The number of hydrogen-bond acceptors (Lipinski definition) is 6. The van der Waals surface area contributed by atoms with E-state index < -0.39 is 17.3 Å². The fourth-order valence-electron chi connectivity index (χ4n) is 4.63. The molecular formula is C25H27N5O5S. The van der Waals surface area contributed by atoms with Crippen LogP contribution in [0.3, 0.4) is 0 Å². The van der Waals surface area contributed by atoms with E-state index in [0.717, 1.165) is 11.3 Å². The predicted molar refractivity (Wildman–Crippen MR) is 136 cm³/mol. The monoisotopic (exact) mass is 509 g/mol. The first-order chi connectivity index (χ1) is 17.3. The van der Waals surface area contributed by atoms with Crippen molar-refractivity contribution in [2.24, 2.45) is 18.0 Å². The summed E-state index contributed by atoms with van der Waals surface area (Å²) in [4.78, 5) is 36.8. The van der Waals surface area contributed by atoms with Crippen LogP contribution in [0.4, 0.5) is 5.69 Å². The Balaban J connectivity index is 1.41. The van der Waals surface area contributed by atoms with Crippen LogP contribution in [0.1, 0.15) is 35.0 Å². The number of benzene rings is 1. The number of anilines is 1. The van der Waals surface area contributed by atoms with Crippen LogP contribution >= 0.6 is 0 Å². The third-order valence-corrected chi connectivity index (χ3v) is 7.07. The van der Waals surface area contributed by atoms with Crippen LogP contribution in [0.15, 0.2) is 52.4 Å². The molecule has 188 valence electrons. The van der Waals surface area contributed by atoms with Gasteiger partial charge in [0.1, 0.15) is 11.9 Å². The van der Waals surface area contributed by atoms with E-state index in [0.29, 0.717) is 54.3 Å². The number of amidine groups is 1. The quantitative estimate of drug-likeness (QED) is 0.543. The van der Waals surface area contributed by atoms with Crippen molar-refractivity contribution < 1.29 is 17.4 Å². The number of nitrogens with one attached hydrogen (secondary N) is 1. The number of carbonyl (C=O) groups is 1. The molecule has 0 bridgehead atoms. The second-order valence-electron chi connectivity index (χ2n) is 9.23. The van der Waals surface area contributed by atoms with Crippen LogP contribution in [0.5, 0.6) is 0 Å². The Morgan fingerprint density at radius 3 is 2.86 bits per heavy atom. The Labute approximate surface area is 210 Å². The van der Waals surface area contributed by atoms with Crippen LogP contribution in [0.25, 0.3) is 11.3 Å². The second kappa shape index (κ2) is 9.92. The average molecular weight is 510 g/mol. The maximum atomic E-state index is 13.3. The van der Waals surface area contributed by atoms with Gasteiger partial charge >= 0.3 is 11.4 Å². The van der Waals surface area contributed by atoms with Gasteiger partial charge in [-0.25, -0.2) is 0 Å². The molecular weight excluding hydrogens is 482 g/mol. The fourth-order valence-corrected chi connectivity index (χ4v) is 5.30. The zero-order chi connectivity index (χ0) is 25.4. The normalized spacial score (nSPS) is 21.2. The molecule has 0 aliphatic carbocycles. The summed E-state index contributed by atoms with van der Waals surface area (Å²) in [5.41, 5.74) is 3.71. The molecule has 3 aromatic rings. The molecule has 0 radical (unpaired) electrons. The number of amides is 1. The van der Waals surface area contributed by atoms with Gasteiger partial charge in [0.25, 0.3) is 11.5 Å². The van der Waals surface area contributed by atoms with E-state index >= 15 is 0 Å². The number of carbonyl (C=O) groups excluding carboxylic acids is 1. The minimum absolute atomic E-state index is 0.166. The summed E-state index contributed by atoms with van der Waals surface area (Å²) in [7, 11) is 1.62. The molecule has 5 rings (SSSR count). The van der Waals surface area contributed by atoms with E-state index in [-0.39, 0.29) is 17.6 Å². The summed E-state index contributed by atoms with van der Waals surface area (Å²) in [6.07, 6.45) is 2.57. The van der Waals surface area contributed by atoms with Gasteiger partial charge in [-0.15, -0.1) is 0 Å². The summed E-state index contributed by atoms with van der Waals surface area (Å²) in [6, 6.07) is 11.3. The maximum absolute atomic E-state index is 13.3. The molecule has 1 aromatic carbocycles. The number of aryl methyl sites for hydroxylation is 2. The Morgan fingerprint density at radius 1 is 1.33 bits per heavy atom. The lowest BCUT2D eigenvalue weighted by molar-refractivity contribution is 0.100. The summed E-state index contributed by atoms with van der Waals surface area (Å²) in [5.74, 6) is 0.436. The molecule has 2 aliphatic rings. The minimum atomic E-state index is -1.67. The molecule has 10 nitrogen and oxygen atoms in total. The number of para-hydroxylation sites is 1.